The zero-order chi connectivity index (χ0) is 26.4. The van der Waals surface area contributed by atoms with Crippen molar-refractivity contribution in [3.8, 4) is 0 Å². The van der Waals surface area contributed by atoms with Crippen molar-refractivity contribution in [2.75, 3.05) is 17.7 Å². The number of rotatable bonds is 8. The zero-order valence-corrected chi connectivity index (χ0v) is 23.2. The first-order valence-corrected chi connectivity index (χ1v) is 14.3. The number of methoxy groups -OCH3 is 1. The number of hydrogen-bond acceptors (Lipinski definition) is 6. The summed E-state index contributed by atoms with van der Waals surface area (Å²) in [5.74, 6) is -0.830. The minimum absolute atomic E-state index is 0.164. The molecule has 37 heavy (non-hydrogen) atoms. The van der Waals surface area contributed by atoms with E-state index in [1.165, 1.54) is 30.2 Å². The second-order valence-corrected chi connectivity index (χ2v) is 11.6. The molecular formula is C28H29ClN2O4S2. The molecule has 6 nitrogen and oxygen atoms in total. The number of halogens is 1. The number of anilines is 2. The van der Waals surface area contributed by atoms with E-state index in [-0.39, 0.29) is 17.1 Å². The monoisotopic (exact) mass is 556 g/mol. The lowest BCUT2D eigenvalue weighted by Gasteiger charge is -2.16. The van der Waals surface area contributed by atoms with Gasteiger partial charge in [0, 0.05) is 26.0 Å². The quantitative estimate of drug-likeness (QED) is 0.174. The first-order valence-electron chi connectivity index (χ1n) is 12.3. The number of thioether (sulfide) groups is 1. The number of fused-ring (bicyclic) bond motifs is 1. The third-order valence-electron chi connectivity index (χ3n) is 6.17. The second-order valence-electron chi connectivity index (χ2n) is 8.76. The van der Waals surface area contributed by atoms with Crippen molar-refractivity contribution < 1.29 is 19.1 Å². The Hall–Kier alpha value is -2.81. The summed E-state index contributed by atoms with van der Waals surface area (Å²) in [6, 6.07) is 14.1. The highest BCUT2D eigenvalue weighted by molar-refractivity contribution is 8.00. The van der Waals surface area contributed by atoms with Gasteiger partial charge in [-0.1, -0.05) is 37.1 Å². The lowest BCUT2D eigenvalue weighted by molar-refractivity contribution is -0.115. The second kappa shape index (κ2) is 12.6. The molecule has 0 aliphatic heterocycles. The number of thiophene rings is 1. The average molecular weight is 557 g/mol. The molecular weight excluding hydrogens is 528 g/mol. The molecule has 2 amide bonds. The highest BCUT2D eigenvalue weighted by Gasteiger charge is 2.28. The molecule has 2 N–H and O–H groups in total. The zero-order valence-electron chi connectivity index (χ0n) is 20.8. The lowest BCUT2D eigenvalue weighted by Crippen LogP contribution is -2.25. The maximum Gasteiger partial charge on any atom is 0.341 e. The van der Waals surface area contributed by atoms with Gasteiger partial charge < -0.3 is 15.4 Å². The smallest absolute Gasteiger partial charge is 0.341 e. The summed E-state index contributed by atoms with van der Waals surface area (Å²) in [6.45, 7) is 1.95. The number of benzene rings is 2. The molecule has 0 bridgehead atoms. The van der Waals surface area contributed by atoms with Gasteiger partial charge in [0.15, 0.2) is 0 Å². The maximum absolute atomic E-state index is 13.3. The Bertz CT molecular complexity index is 1310. The van der Waals surface area contributed by atoms with E-state index in [0.29, 0.717) is 33.3 Å². The van der Waals surface area contributed by atoms with Crippen LogP contribution < -0.4 is 10.6 Å². The molecule has 0 radical (unpaired) electrons. The first-order chi connectivity index (χ1) is 17.9. The van der Waals surface area contributed by atoms with E-state index in [9.17, 15) is 14.4 Å². The highest BCUT2D eigenvalue weighted by Crippen LogP contribution is 2.39. The van der Waals surface area contributed by atoms with Crippen molar-refractivity contribution in [1.29, 1.82) is 0 Å². The van der Waals surface area contributed by atoms with Gasteiger partial charge in [-0.3, -0.25) is 9.59 Å². The first kappa shape index (κ1) is 27.2. The number of carbonyl (C=O) groups excluding carboxylic acids is 3. The van der Waals surface area contributed by atoms with Gasteiger partial charge in [0.2, 0.25) is 5.91 Å². The predicted molar refractivity (Wildman–Crippen MR) is 151 cm³/mol. The highest BCUT2D eigenvalue weighted by atomic mass is 35.5. The van der Waals surface area contributed by atoms with E-state index in [1.807, 2.05) is 25.1 Å². The Labute approximate surface area is 230 Å². The molecule has 1 atom stereocenters. The number of amides is 2. The summed E-state index contributed by atoms with van der Waals surface area (Å²) < 4.78 is 5.06. The van der Waals surface area contributed by atoms with Gasteiger partial charge in [-0.05, 0) is 74.1 Å². The van der Waals surface area contributed by atoms with Crippen molar-refractivity contribution in [2.24, 2.45) is 0 Å². The van der Waals surface area contributed by atoms with Crippen LogP contribution in [-0.2, 0) is 22.4 Å². The summed E-state index contributed by atoms with van der Waals surface area (Å²) in [7, 11) is 1.37. The van der Waals surface area contributed by atoms with Crippen molar-refractivity contribution in [3.05, 3.63) is 75.1 Å². The van der Waals surface area contributed by atoms with E-state index in [2.05, 4.69) is 10.6 Å². The number of ether oxygens (including phenoxy) is 1. The number of aryl methyl sites for hydroxylation is 1. The van der Waals surface area contributed by atoms with E-state index >= 15 is 0 Å². The molecule has 4 rings (SSSR count). The fraction of sp³-hybridized carbons (Fsp3) is 0.321. The number of hydrogen-bond donors (Lipinski definition) is 2. The van der Waals surface area contributed by atoms with Crippen molar-refractivity contribution >= 4 is 63.2 Å². The molecule has 2 aromatic carbocycles. The van der Waals surface area contributed by atoms with E-state index in [4.69, 9.17) is 16.3 Å². The fourth-order valence-electron chi connectivity index (χ4n) is 4.31. The number of nitrogens with one attached hydrogen (secondary N) is 2. The van der Waals surface area contributed by atoms with Gasteiger partial charge in [-0.25, -0.2) is 4.79 Å². The summed E-state index contributed by atoms with van der Waals surface area (Å²) in [5, 5.41) is 6.59. The van der Waals surface area contributed by atoms with Crippen LogP contribution in [0.15, 0.2) is 53.4 Å². The number of carbonyl (C=O) groups is 3. The SMILES string of the molecule is CCC(Sc1cccc(NC(=O)c2cccc(Cl)c2)c1)C(=O)Nc1sc2c(c1C(=O)OC)CCCCC2. The third kappa shape index (κ3) is 6.74. The molecule has 9 heteroatoms. The molecule has 1 aliphatic rings. The van der Waals surface area contributed by atoms with Gasteiger partial charge in [0.1, 0.15) is 5.00 Å². The van der Waals surface area contributed by atoms with Crippen LogP contribution in [0.2, 0.25) is 5.02 Å². The van der Waals surface area contributed by atoms with E-state index < -0.39 is 5.97 Å². The molecule has 3 aromatic rings. The molecule has 0 fully saturated rings. The Morgan fingerprint density at radius 1 is 1.05 bits per heavy atom. The van der Waals surface area contributed by atoms with Crippen molar-refractivity contribution in [1.82, 2.24) is 0 Å². The summed E-state index contributed by atoms with van der Waals surface area (Å²) in [6.07, 6.45) is 5.58. The van der Waals surface area contributed by atoms with E-state index in [0.717, 1.165) is 47.4 Å². The minimum atomic E-state index is -0.404. The summed E-state index contributed by atoms with van der Waals surface area (Å²) >= 11 is 8.91. The summed E-state index contributed by atoms with van der Waals surface area (Å²) in [4.78, 5) is 40.6. The van der Waals surface area contributed by atoms with Crippen LogP contribution in [0, 0.1) is 0 Å². The van der Waals surface area contributed by atoms with Crippen LogP contribution in [0.1, 0.15) is 63.8 Å². The van der Waals surface area contributed by atoms with Gasteiger partial charge in [-0.2, -0.15) is 0 Å². The van der Waals surface area contributed by atoms with E-state index in [1.54, 1.807) is 30.3 Å². The molecule has 0 saturated heterocycles. The molecule has 0 saturated carbocycles. The molecule has 1 unspecified atom stereocenters. The summed E-state index contributed by atoms with van der Waals surface area (Å²) in [5.41, 5.74) is 2.61. The van der Waals surface area contributed by atoms with Crippen LogP contribution in [0.5, 0.6) is 0 Å². The lowest BCUT2D eigenvalue weighted by atomic mass is 10.1. The molecule has 194 valence electrons. The van der Waals surface area contributed by atoms with Gasteiger partial charge >= 0.3 is 5.97 Å². The third-order valence-corrected chi connectivity index (χ3v) is 8.97. The van der Waals surface area contributed by atoms with Crippen LogP contribution >= 0.6 is 34.7 Å². The van der Waals surface area contributed by atoms with Gasteiger partial charge in [-0.15, -0.1) is 23.1 Å². The average Bonchev–Trinajstić information content (AvgIpc) is 3.06. The largest absolute Gasteiger partial charge is 0.465 e. The van der Waals surface area contributed by atoms with Gasteiger partial charge in [0.25, 0.3) is 5.91 Å². The Morgan fingerprint density at radius 2 is 1.84 bits per heavy atom. The fourth-order valence-corrected chi connectivity index (χ4v) is 6.79. The Kier molecular flexibility index (Phi) is 9.29. The Morgan fingerprint density at radius 3 is 2.59 bits per heavy atom. The van der Waals surface area contributed by atoms with Crippen LogP contribution in [0.4, 0.5) is 10.7 Å². The predicted octanol–water partition coefficient (Wildman–Crippen LogP) is 7.22. The minimum Gasteiger partial charge on any atom is -0.465 e. The molecule has 1 heterocycles. The van der Waals surface area contributed by atoms with Crippen molar-refractivity contribution in [2.45, 2.75) is 55.6 Å². The van der Waals surface area contributed by atoms with Gasteiger partial charge in [0.05, 0.1) is 17.9 Å². The normalized spacial score (nSPS) is 13.7. The Balaban J connectivity index is 1.48. The molecule has 1 aliphatic carbocycles. The van der Waals surface area contributed by atoms with Crippen LogP contribution in [0.25, 0.3) is 0 Å². The van der Waals surface area contributed by atoms with Crippen LogP contribution in [0.3, 0.4) is 0 Å². The standard InChI is InChI=1S/C28H29ClN2O4S2/c1-3-22(26(33)31-27-24(28(34)35-2)21-13-5-4-6-14-23(21)37-27)36-20-12-8-11-19(16-20)30-25(32)17-9-7-10-18(29)15-17/h7-12,15-16,22H,3-6,13-14H2,1-2H3,(H,30,32)(H,31,33). The van der Waals surface area contributed by atoms with Crippen molar-refractivity contribution in [3.63, 3.8) is 0 Å². The molecule has 0 spiro atoms. The van der Waals surface area contributed by atoms with Crippen LogP contribution in [-0.4, -0.2) is 30.1 Å². The topological polar surface area (TPSA) is 84.5 Å². The number of esters is 1. The maximum atomic E-state index is 13.3. The molecule has 1 aromatic heterocycles.